The SMILES string of the molecule is O=C(c1ccc2c(c1)[C@H]1[C@H]3CC[C@H](C3)[C@H]1[C@@H](c1ccccc1)N2)N1CCOCC1. The van der Waals surface area contributed by atoms with Gasteiger partial charge in [-0.25, -0.2) is 0 Å². The molecule has 2 aliphatic carbocycles. The number of carbonyl (C=O) groups excluding carboxylic acids is 1. The van der Waals surface area contributed by atoms with E-state index in [4.69, 9.17) is 4.74 Å². The van der Waals surface area contributed by atoms with Crippen LogP contribution in [0.4, 0.5) is 5.69 Å². The second-order valence-electron chi connectivity index (χ2n) is 9.18. The first-order valence-electron chi connectivity index (χ1n) is 11.1. The molecule has 2 aromatic carbocycles. The molecule has 3 fully saturated rings. The van der Waals surface area contributed by atoms with Gasteiger partial charge in [-0.15, -0.1) is 0 Å². The highest BCUT2D eigenvalue weighted by atomic mass is 16.5. The van der Waals surface area contributed by atoms with Gasteiger partial charge in [-0.1, -0.05) is 30.3 Å². The van der Waals surface area contributed by atoms with Gasteiger partial charge in [0.15, 0.2) is 0 Å². The molecule has 0 aromatic heterocycles. The molecule has 2 aliphatic heterocycles. The summed E-state index contributed by atoms with van der Waals surface area (Å²) in [6.07, 6.45) is 4.05. The van der Waals surface area contributed by atoms with Crippen molar-refractivity contribution in [3.8, 4) is 0 Å². The second-order valence-corrected chi connectivity index (χ2v) is 9.18. The summed E-state index contributed by atoms with van der Waals surface area (Å²) in [5, 5.41) is 3.87. The summed E-state index contributed by atoms with van der Waals surface area (Å²) >= 11 is 0. The number of nitrogens with zero attached hydrogens (tertiary/aromatic N) is 1. The Labute approximate surface area is 172 Å². The first-order valence-corrected chi connectivity index (χ1v) is 11.1. The Morgan fingerprint density at radius 1 is 1.00 bits per heavy atom. The summed E-state index contributed by atoms with van der Waals surface area (Å²) in [6.45, 7) is 2.68. The van der Waals surface area contributed by atoms with E-state index in [0.717, 1.165) is 17.4 Å². The van der Waals surface area contributed by atoms with Crippen molar-refractivity contribution in [2.24, 2.45) is 17.8 Å². The van der Waals surface area contributed by atoms with E-state index in [2.05, 4.69) is 47.8 Å². The fourth-order valence-corrected chi connectivity index (χ4v) is 6.56. The lowest BCUT2D eigenvalue weighted by atomic mass is 9.68. The van der Waals surface area contributed by atoms with Gasteiger partial charge in [0.2, 0.25) is 0 Å². The van der Waals surface area contributed by atoms with Crippen LogP contribution in [0.15, 0.2) is 48.5 Å². The molecule has 4 heteroatoms. The van der Waals surface area contributed by atoms with Crippen LogP contribution in [-0.4, -0.2) is 37.1 Å². The fourth-order valence-electron chi connectivity index (χ4n) is 6.56. The highest BCUT2D eigenvalue weighted by molar-refractivity contribution is 5.95. The van der Waals surface area contributed by atoms with Crippen molar-refractivity contribution in [3.63, 3.8) is 0 Å². The van der Waals surface area contributed by atoms with Crippen molar-refractivity contribution >= 4 is 11.6 Å². The minimum atomic E-state index is 0.154. The molecule has 2 heterocycles. The number of hydrogen-bond acceptors (Lipinski definition) is 3. The highest BCUT2D eigenvalue weighted by Gasteiger charge is 2.53. The molecule has 2 aromatic rings. The van der Waals surface area contributed by atoms with E-state index < -0.39 is 0 Å². The molecule has 1 N–H and O–H groups in total. The van der Waals surface area contributed by atoms with Crippen molar-refractivity contribution < 1.29 is 9.53 Å². The van der Waals surface area contributed by atoms with E-state index in [-0.39, 0.29) is 5.91 Å². The Balaban J connectivity index is 1.38. The van der Waals surface area contributed by atoms with Gasteiger partial charge in [-0.05, 0) is 72.3 Å². The normalized spacial score (nSPS) is 32.4. The van der Waals surface area contributed by atoms with Gasteiger partial charge in [0.25, 0.3) is 5.91 Å². The molecule has 5 atom stereocenters. The molecule has 2 saturated carbocycles. The Bertz CT molecular complexity index is 922. The maximum absolute atomic E-state index is 13.1. The highest BCUT2D eigenvalue weighted by Crippen LogP contribution is 2.63. The number of benzene rings is 2. The van der Waals surface area contributed by atoms with Crippen molar-refractivity contribution in [2.45, 2.75) is 31.2 Å². The molecule has 6 rings (SSSR count). The first-order chi connectivity index (χ1) is 14.3. The van der Waals surface area contributed by atoms with Crippen molar-refractivity contribution in [2.75, 3.05) is 31.6 Å². The molecule has 0 unspecified atom stereocenters. The van der Waals surface area contributed by atoms with E-state index >= 15 is 0 Å². The van der Waals surface area contributed by atoms with Crippen LogP contribution < -0.4 is 5.32 Å². The summed E-state index contributed by atoms with van der Waals surface area (Å²) in [5.74, 6) is 2.94. The number of hydrogen-bond donors (Lipinski definition) is 1. The number of rotatable bonds is 2. The molecule has 2 bridgehead atoms. The Hall–Kier alpha value is -2.33. The van der Waals surface area contributed by atoms with E-state index in [1.165, 1.54) is 36.1 Å². The van der Waals surface area contributed by atoms with Crippen LogP contribution in [0.1, 0.15) is 52.7 Å². The number of morpholine rings is 1. The van der Waals surface area contributed by atoms with Crippen LogP contribution in [-0.2, 0) is 4.74 Å². The van der Waals surface area contributed by atoms with Gasteiger partial charge in [0, 0.05) is 24.3 Å². The topological polar surface area (TPSA) is 41.6 Å². The van der Waals surface area contributed by atoms with Crippen LogP contribution in [0, 0.1) is 17.8 Å². The smallest absolute Gasteiger partial charge is 0.254 e. The standard InChI is InChI=1S/C25H28N2O2/c28-25(27-10-12-29-13-11-27)19-8-9-21-20(15-19)22-17-6-7-18(14-17)23(22)24(26-21)16-4-2-1-3-5-16/h1-5,8-9,15,17-18,22-24,26H,6-7,10-14H2/t17-,18+,22+,23+,24+/m0/s1. The van der Waals surface area contributed by atoms with Crippen LogP contribution >= 0.6 is 0 Å². The summed E-state index contributed by atoms with van der Waals surface area (Å²) in [5.41, 5.74) is 4.85. The second kappa shape index (κ2) is 6.88. The molecule has 0 radical (unpaired) electrons. The molecule has 1 saturated heterocycles. The van der Waals surface area contributed by atoms with Crippen LogP contribution in [0.5, 0.6) is 0 Å². The maximum Gasteiger partial charge on any atom is 0.254 e. The number of nitrogens with one attached hydrogen (secondary N) is 1. The lowest BCUT2D eigenvalue weighted by Gasteiger charge is -2.43. The zero-order chi connectivity index (χ0) is 19.4. The molecule has 1 amide bonds. The fraction of sp³-hybridized carbons (Fsp3) is 0.480. The van der Waals surface area contributed by atoms with E-state index in [0.29, 0.717) is 44.2 Å². The van der Waals surface area contributed by atoms with Gasteiger partial charge in [-0.3, -0.25) is 4.79 Å². The van der Waals surface area contributed by atoms with Gasteiger partial charge in [0.05, 0.1) is 19.3 Å². The molecular weight excluding hydrogens is 360 g/mol. The average Bonchev–Trinajstić information content (AvgIpc) is 3.42. The number of ether oxygens (including phenoxy) is 1. The summed E-state index contributed by atoms with van der Waals surface area (Å²) < 4.78 is 5.42. The van der Waals surface area contributed by atoms with Gasteiger partial charge in [-0.2, -0.15) is 0 Å². The predicted octanol–water partition coefficient (Wildman–Crippen LogP) is 4.46. The third-order valence-electron chi connectivity index (χ3n) is 7.79. The van der Waals surface area contributed by atoms with Crippen molar-refractivity contribution in [3.05, 3.63) is 65.2 Å². The predicted molar refractivity (Wildman–Crippen MR) is 113 cm³/mol. The van der Waals surface area contributed by atoms with E-state index in [9.17, 15) is 4.79 Å². The molecule has 4 aliphatic rings. The number of amides is 1. The Morgan fingerprint density at radius 3 is 2.62 bits per heavy atom. The van der Waals surface area contributed by atoms with Crippen molar-refractivity contribution in [1.82, 2.24) is 4.90 Å². The first kappa shape index (κ1) is 17.5. The quantitative estimate of drug-likeness (QED) is 0.826. The van der Waals surface area contributed by atoms with Gasteiger partial charge in [0.1, 0.15) is 0 Å². The zero-order valence-corrected chi connectivity index (χ0v) is 16.7. The van der Waals surface area contributed by atoms with Gasteiger partial charge < -0.3 is 15.0 Å². The summed E-state index contributed by atoms with van der Waals surface area (Å²) in [7, 11) is 0. The largest absolute Gasteiger partial charge is 0.378 e. The Kier molecular flexibility index (Phi) is 4.15. The van der Waals surface area contributed by atoms with E-state index in [1.807, 2.05) is 11.0 Å². The number of carbonyl (C=O) groups is 1. The van der Waals surface area contributed by atoms with Gasteiger partial charge >= 0.3 is 0 Å². The molecule has 29 heavy (non-hydrogen) atoms. The Morgan fingerprint density at radius 2 is 1.79 bits per heavy atom. The van der Waals surface area contributed by atoms with Crippen LogP contribution in [0.3, 0.4) is 0 Å². The zero-order valence-electron chi connectivity index (χ0n) is 16.7. The number of anilines is 1. The molecule has 150 valence electrons. The molecular formula is C25H28N2O2. The van der Waals surface area contributed by atoms with Crippen LogP contribution in [0.2, 0.25) is 0 Å². The summed E-state index contributed by atoms with van der Waals surface area (Å²) in [4.78, 5) is 15.0. The third-order valence-corrected chi connectivity index (χ3v) is 7.79. The molecule has 0 spiro atoms. The summed E-state index contributed by atoms with van der Waals surface area (Å²) in [6, 6.07) is 17.7. The van der Waals surface area contributed by atoms with E-state index in [1.54, 1.807) is 0 Å². The third kappa shape index (κ3) is 2.80. The minimum Gasteiger partial charge on any atom is -0.378 e. The van der Waals surface area contributed by atoms with Crippen LogP contribution in [0.25, 0.3) is 0 Å². The van der Waals surface area contributed by atoms with Crippen molar-refractivity contribution in [1.29, 1.82) is 0 Å². The average molecular weight is 389 g/mol. The molecule has 4 nitrogen and oxygen atoms in total. The monoisotopic (exact) mass is 388 g/mol. The number of fused-ring (bicyclic) bond motifs is 7. The lowest BCUT2D eigenvalue weighted by Crippen LogP contribution is -2.41. The lowest BCUT2D eigenvalue weighted by molar-refractivity contribution is 0.0303. The maximum atomic E-state index is 13.1. The minimum absolute atomic E-state index is 0.154.